The number of likely N-dealkylation sites (tertiary alicyclic amines) is 1. The minimum atomic E-state index is 0.911. The standard InChI is InChI=1S/C8H16INO/c9-3-7-11-8-6-10-4-1-2-5-10/h1-8H2. The Kier molecular flexibility index (Phi) is 5.49. The van der Waals surface area contributed by atoms with E-state index in [0.29, 0.717) is 0 Å². The van der Waals surface area contributed by atoms with Gasteiger partial charge in [0.1, 0.15) is 0 Å². The van der Waals surface area contributed by atoms with Gasteiger partial charge in [-0.25, -0.2) is 0 Å². The molecule has 0 saturated carbocycles. The van der Waals surface area contributed by atoms with Crippen molar-refractivity contribution in [3.05, 3.63) is 0 Å². The molecule has 1 saturated heterocycles. The summed E-state index contributed by atoms with van der Waals surface area (Å²) in [4.78, 5) is 2.48. The summed E-state index contributed by atoms with van der Waals surface area (Å²) in [5, 5.41) is 0. The van der Waals surface area contributed by atoms with Crippen molar-refractivity contribution in [3.8, 4) is 0 Å². The van der Waals surface area contributed by atoms with Crippen LogP contribution in [-0.2, 0) is 4.74 Å². The van der Waals surface area contributed by atoms with Crippen molar-refractivity contribution in [2.45, 2.75) is 12.8 Å². The molecule has 1 heterocycles. The molecule has 0 aromatic heterocycles. The van der Waals surface area contributed by atoms with Crippen LogP contribution in [0.3, 0.4) is 0 Å². The lowest BCUT2D eigenvalue weighted by Crippen LogP contribution is -2.24. The second kappa shape index (κ2) is 6.20. The first-order valence-electron chi connectivity index (χ1n) is 4.29. The molecule has 1 fully saturated rings. The van der Waals surface area contributed by atoms with Gasteiger partial charge < -0.3 is 9.64 Å². The third-order valence-electron chi connectivity index (χ3n) is 1.97. The van der Waals surface area contributed by atoms with Crippen LogP contribution in [-0.4, -0.2) is 42.2 Å². The molecule has 0 atom stereocenters. The number of nitrogens with zero attached hydrogens (tertiary/aromatic N) is 1. The maximum Gasteiger partial charge on any atom is 0.0593 e. The maximum atomic E-state index is 5.40. The van der Waals surface area contributed by atoms with Crippen LogP contribution in [0.4, 0.5) is 0 Å². The predicted molar refractivity (Wildman–Crippen MR) is 55.4 cm³/mol. The van der Waals surface area contributed by atoms with Gasteiger partial charge in [0.05, 0.1) is 13.2 Å². The van der Waals surface area contributed by atoms with Crippen molar-refractivity contribution in [1.82, 2.24) is 4.90 Å². The third kappa shape index (κ3) is 4.28. The molecular weight excluding hydrogens is 253 g/mol. The van der Waals surface area contributed by atoms with Gasteiger partial charge in [-0.1, -0.05) is 22.6 Å². The third-order valence-corrected chi connectivity index (χ3v) is 2.41. The van der Waals surface area contributed by atoms with Crippen molar-refractivity contribution in [3.63, 3.8) is 0 Å². The molecular formula is C8H16INO. The van der Waals surface area contributed by atoms with E-state index in [1.54, 1.807) is 0 Å². The van der Waals surface area contributed by atoms with Gasteiger partial charge in [0.25, 0.3) is 0 Å². The molecule has 0 radical (unpaired) electrons. The Morgan fingerprint density at radius 1 is 1.18 bits per heavy atom. The van der Waals surface area contributed by atoms with Crippen LogP contribution in [0.2, 0.25) is 0 Å². The van der Waals surface area contributed by atoms with Crippen LogP contribution in [0.15, 0.2) is 0 Å². The molecule has 0 amide bonds. The molecule has 0 aromatic rings. The zero-order chi connectivity index (χ0) is 7.94. The molecule has 1 aliphatic rings. The Morgan fingerprint density at radius 3 is 2.55 bits per heavy atom. The number of halogens is 1. The molecule has 1 aliphatic heterocycles. The van der Waals surface area contributed by atoms with Gasteiger partial charge in [0, 0.05) is 11.0 Å². The van der Waals surface area contributed by atoms with E-state index in [0.717, 1.165) is 24.2 Å². The SMILES string of the molecule is ICCOCCN1CCCC1. The summed E-state index contributed by atoms with van der Waals surface area (Å²) in [7, 11) is 0. The fourth-order valence-electron chi connectivity index (χ4n) is 1.36. The molecule has 3 heteroatoms. The smallest absolute Gasteiger partial charge is 0.0593 e. The second-order valence-corrected chi connectivity index (χ2v) is 3.93. The molecule has 0 N–H and O–H groups in total. The minimum absolute atomic E-state index is 0.911. The normalized spacial score (nSPS) is 19.4. The molecule has 0 unspecified atom stereocenters. The highest BCUT2D eigenvalue weighted by Gasteiger charge is 2.09. The first-order valence-corrected chi connectivity index (χ1v) is 5.82. The van der Waals surface area contributed by atoms with Gasteiger partial charge in [0.2, 0.25) is 0 Å². The molecule has 0 bridgehead atoms. The lowest BCUT2D eigenvalue weighted by Gasteiger charge is -2.13. The lowest BCUT2D eigenvalue weighted by molar-refractivity contribution is 0.125. The van der Waals surface area contributed by atoms with Crippen molar-refractivity contribution < 1.29 is 4.74 Å². The Bertz CT molecular complexity index is 94.1. The summed E-state index contributed by atoms with van der Waals surface area (Å²) < 4.78 is 6.50. The van der Waals surface area contributed by atoms with Gasteiger partial charge >= 0.3 is 0 Å². The monoisotopic (exact) mass is 269 g/mol. The highest BCUT2D eigenvalue weighted by molar-refractivity contribution is 14.1. The van der Waals surface area contributed by atoms with Crippen molar-refractivity contribution in [1.29, 1.82) is 0 Å². The topological polar surface area (TPSA) is 12.5 Å². The van der Waals surface area contributed by atoms with E-state index in [1.807, 2.05) is 0 Å². The summed E-state index contributed by atoms with van der Waals surface area (Å²) in [6.07, 6.45) is 2.76. The predicted octanol–water partition coefficient (Wildman–Crippen LogP) is 1.53. The average molecular weight is 269 g/mol. The highest BCUT2D eigenvalue weighted by Crippen LogP contribution is 2.05. The van der Waals surface area contributed by atoms with Crippen molar-refractivity contribution >= 4 is 22.6 Å². The minimum Gasteiger partial charge on any atom is -0.379 e. The van der Waals surface area contributed by atoms with E-state index in [-0.39, 0.29) is 0 Å². The molecule has 11 heavy (non-hydrogen) atoms. The maximum absolute atomic E-state index is 5.40. The van der Waals surface area contributed by atoms with Crippen molar-refractivity contribution in [2.24, 2.45) is 0 Å². The van der Waals surface area contributed by atoms with Crippen LogP contribution < -0.4 is 0 Å². The quantitative estimate of drug-likeness (QED) is 0.426. The Balaban J connectivity index is 1.86. The summed E-state index contributed by atoms with van der Waals surface area (Å²) in [5.74, 6) is 0. The first-order chi connectivity index (χ1) is 5.43. The molecule has 1 rings (SSSR count). The van der Waals surface area contributed by atoms with Gasteiger partial charge in [0.15, 0.2) is 0 Å². The van der Waals surface area contributed by atoms with E-state index >= 15 is 0 Å². The van der Waals surface area contributed by atoms with E-state index in [1.165, 1.54) is 25.9 Å². The average Bonchev–Trinajstić information content (AvgIpc) is 2.50. The molecule has 0 aliphatic carbocycles. The number of ether oxygens (including phenoxy) is 1. The molecule has 0 aromatic carbocycles. The Morgan fingerprint density at radius 2 is 1.91 bits per heavy atom. The Labute approximate surface area is 82.4 Å². The van der Waals surface area contributed by atoms with Crippen molar-refractivity contribution in [2.75, 3.05) is 37.3 Å². The van der Waals surface area contributed by atoms with Crippen LogP contribution in [0.1, 0.15) is 12.8 Å². The zero-order valence-corrected chi connectivity index (χ0v) is 9.05. The summed E-state index contributed by atoms with van der Waals surface area (Å²) >= 11 is 2.34. The summed E-state index contributed by atoms with van der Waals surface area (Å²) in [6.45, 7) is 5.54. The van der Waals surface area contributed by atoms with E-state index in [4.69, 9.17) is 4.74 Å². The fraction of sp³-hybridized carbons (Fsp3) is 1.00. The molecule has 0 spiro atoms. The summed E-state index contributed by atoms with van der Waals surface area (Å²) in [6, 6.07) is 0. The largest absolute Gasteiger partial charge is 0.379 e. The summed E-state index contributed by atoms with van der Waals surface area (Å²) in [5.41, 5.74) is 0. The second-order valence-electron chi connectivity index (χ2n) is 2.85. The zero-order valence-electron chi connectivity index (χ0n) is 6.89. The number of alkyl halides is 1. The fourth-order valence-corrected chi connectivity index (χ4v) is 1.67. The van der Waals surface area contributed by atoms with E-state index in [9.17, 15) is 0 Å². The molecule has 66 valence electrons. The van der Waals surface area contributed by atoms with Crippen LogP contribution >= 0.6 is 22.6 Å². The number of rotatable bonds is 5. The number of hydrogen-bond acceptors (Lipinski definition) is 2. The van der Waals surface area contributed by atoms with Gasteiger partial charge in [-0.15, -0.1) is 0 Å². The highest BCUT2D eigenvalue weighted by atomic mass is 127. The number of hydrogen-bond donors (Lipinski definition) is 0. The van der Waals surface area contributed by atoms with Crippen LogP contribution in [0, 0.1) is 0 Å². The lowest BCUT2D eigenvalue weighted by atomic mass is 10.4. The Hall–Kier alpha value is 0.650. The van der Waals surface area contributed by atoms with E-state index in [2.05, 4.69) is 27.5 Å². The van der Waals surface area contributed by atoms with Crippen LogP contribution in [0.25, 0.3) is 0 Å². The van der Waals surface area contributed by atoms with Crippen LogP contribution in [0.5, 0.6) is 0 Å². The molecule has 2 nitrogen and oxygen atoms in total. The van der Waals surface area contributed by atoms with Gasteiger partial charge in [-0.3, -0.25) is 0 Å². The van der Waals surface area contributed by atoms with E-state index < -0.39 is 0 Å². The first kappa shape index (κ1) is 9.74. The van der Waals surface area contributed by atoms with Gasteiger partial charge in [-0.2, -0.15) is 0 Å². The van der Waals surface area contributed by atoms with Gasteiger partial charge in [-0.05, 0) is 25.9 Å².